The zero-order chi connectivity index (χ0) is 19.2. The van der Waals surface area contributed by atoms with Gasteiger partial charge in [0.25, 0.3) is 0 Å². The molecule has 0 aliphatic carbocycles. The highest BCUT2D eigenvalue weighted by molar-refractivity contribution is 14.0. The van der Waals surface area contributed by atoms with Gasteiger partial charge < -0.3 is 19.8 Å². The number of rotatable bonds is 7. The van der Waals surface area contributed by atoms with Crippen molar-refractivity contribution in [3.63, 3.8) is 0 Å². The van der Waals surface area contributed by atoms with Crippen molar-refractivity contribution in [1.29, 1.82) is 0 Å². The summed E-state index contributed by atoms with van der Waals surface area (Å²) in [4.78, 5) is 10.2. The van der Waals surface area contributed by atoms with Crippen LogP contribution in [0.25, 0.3) is 11.0 Å². The van der Waals surface area contributed by atoms with E-state index in [1.54, 1.807) is 11.3 Å². The maximum absolute atomic E-state index is 6.08. The molecule has 0 radical (unpaired) electrons. The van der Waals surface area contributed by atoms with Gasteiger partial charge in [0.05, 0.1) is 19.2 Å². The fourth-order valence-electron chi connectivity index (χ4n) is 2.76. The summed E-state index contributed by atoms with van der Waals surface area (Å²) in [6.07, 6.45) is 1.88. The highest BCUT2D eigenvalue weighted by atomic mass is 127. The first-order valence-electron chi connectivity index (χ1n) is 9.22. The second-order valence-electron chi connectivity index (χ2n) is 6.18. The molecule has 0 bridgehead atoms. The summed E-state index contributed by atoms with van der Waals surface area (Å²) in [6, 6.07) is 7.94. The molecule has 0 amide bonds. The molecule has 6 nitrogen and oxygen atoms in total. The Morgan fingerprint density at radius 2 is 2.18 bits per heavy atom. The van der Waals surface area contributed by atoms with Crippen molar-refractivity contribution in [3.8, 4) is 5.75 Å². The minimum absolute atomic E-state index is 0. The first-order valence-corrected chi connectivity index (χ1v) is 10.0. The summed E-state index contributed by atoms with van der Waals surface area (Å²) >= 11 is 1.67. The van der Waals surface area contributed by atoms with Crippen LogP contribution in [0.5, 0.6) is 5.75 Å². The van der Waals surface area contributed by atoms with E-state index in [-0.39, 0.29) is 30.0 Å². The molecule has 0 aliphatic rings. The van der Waals surface area contributed by atoms with Crippen LogP contribution in [0.4, 0.5) is 0 Å². The van der Waals surface area contributed by atoms with Gasteiger partial charge in [-0.3, -0.25) is 0 Å². The van der Waals surface area contributed by atoms with Crippen molar-refractivity contribution < 1.29 is 9.15 Å². The minimum atomic E-state index is -0.0392. The number of nitrogens with zero attached hydrogens (tertiary/aromatic N) is 2. The normalized spacial score (nSPS) is 12.5. The number of aryl methyl sites for hydroxylation is 1. The Balaban J connectivity index is 0.00000280. The fraction of sp³-hybridized carbons (Fsp3) is 0.400. The molecule has 0 fully saturated rings. The number of aliphatic imine (C=N–C) groups is 1. The summed E-state index contributed by atoms with van der Waals surface area (Å²) in [5.41, 5.74) is 0.781. The van der Waals surface area contributed by atoms with E-state index in [9.17, 15) is 0 Å². The van der Waals surface area contributed by atoms with Crippen molar-refractivity contribution in [1.82, 2.24) is 15.6 Å². The topological polar surface area (TPSA) is 71.7 Å². The van der Waals surface area contributed by atoms with E-state index in [1.807, 2.05) is 44.3 Å². The lowest BCUT2D eigenvalue weighted by Crippen LogP contribution is -2.38. The zero-order valence-corrected chi connectivity index (χ0v) is 19.8. The average molecular weight is 514 g/mol. The second kappa shape index (κ2) is 10.7. The largest absolute Gasteiger partial charge is 0.490 e. The van der Waals surface area contributed by atoms with E-state index in [0.29, 0.717) is 13.2 Å². The molecule has 3 rings (SSSR count). The van der Waals surface area contributed by atoms with Gasteiger partial charge in [0, 0.05) is 23.0 Å². The number of benzene rings is 1. The number of nitrogens with one attached hydrogen (secondary N) is 2. The number of thiazole rings is 1. The van der Waals surface area contributed by atoms with Gasteiger partial charge in [-0.15, -0.1) is 35.3 Å². The highest BCUT2D eigenvalue weighted by Gasteiger charge is 2.15. The maximum atomic E-state index is 6.08. The van der Waals surface area contributed by atoms with Crippen molar-refractivity contribution in [3.05, 3.63) is 46.1 Å². The predicted molar refractivity (Wildman–Crippen MR) is 126 cm³/mol. The van der Waals surface area contributed by atoms with Gasteiger partial charge in [0.1, 0.15) is 10.8 Å². The molecule has 1 unspecified atom stereocenters. The Bertz CT molecular complexity index is 922. The lowest BCUT2D eigenvalue weighted by Gasteiger charge is -2.15. The van der Waals surface area contributed by atoms with Crippen LogP contribution < -0.4 is 15.4 Å². The van der Waals surface area contributed by atoms with Gasteiger partial charge in [-0.2, -0.15) is 0 Å². The van der Waals surface area contributed by atoms with Crippen molar-refractivity contribution in [2.24, 2.45) is 4.99 Å². The Hall–Kier alpha value is -1.81. The van der Waals surface area contributed by atoms with E-state index in [1.165, 1.54) is 4.88 Å². The molecule has 2 aromatic heterocycles. The van der Waals surface area contributed by atoms with Crippen molar-refractivity contribution in [2.75, 3.05) is 13.2 Å². The van der Waals surface area contributed by atoms with Crippen LogP contribution in [0.2, 0.25) is 0 Å². The van der Waals surface area contributed by atoms with Crippen LogP contribution in [-0.4, -0.2) is 24.1 Å². The first kappa shape index (κ1) is 22.5. The first-order chi connectivity index (χ1) is 13.1. The SMILES string of the molecule is CCNC(=NCc1ncc(C)s1)NC(C)c1cc2cccc(OCC)c2o1.I. The van der Waals surface area contributed by atoms with Crippen LogP contribution in [0.1, 0.15) is 42.5 Å². The molecule has 3 aromatic rings. The molecule has 2 N–H and O–H groups in total. The summed E-state index contributed by atoms with van der Waals surface area (Å²) < 4.78 is 11.7. The number of para-hydroxylation sites is 1. The van der Waals surface area contributed by atoms with E-state index in [0.717, 1.165) is 40.0 Å². The standard InChI is InChI=1S/C20H26N4O2S.HI/c1-5-21-20(23-12-18-22-11-13(3)27-18)24-14(4)17-10-15-8-7-9-16(25-6-2)19(15)26-17;/h7-11,14H,5-6,12H2,1-4H3,(H2,21,23,24);1H. The molecule has 28 heavy (non-hydrogen) atoms. The van der Waals surface area contributed by atoms with Crippen LogP contribution in [0.3, 0.4) is 0 Å². The Kier molecular flexibility index (Phi) is 8.56. The minimum Gasteiger partial charge on any atom is -0.490 e. The molecule has 0 aliphatic heterocycles. The van der Waals surface area contributed by atoms with Crippen LogP contribution in [0.15, 0.2) is 39.9 Å². The van der Waals surface area contributed by atoms with E-state index >= 15 is 0 Å². The number of hydrogen-bond donors (Lipinski definition) is 2. The van der Waals surface area contributed by atoms with Crippen LogP contribution in [-0.2, 0) is 6.54 Å². The van der Waals surface area contributed by atoms with E-state index in [2.05, 4.69) is 34.5 Å². The molecular formula is C20H27IN4O2S. The molecule has 8 heteroatoms. The average Bonchev–Trinajstić information content (AvgIpc) is 3.27. The lowest BCUT2D eigenvalue weighted by molar-refractivity contribution is 0.336. The van der Waals surface area contributed by atoms with Crippen molar-refractivity contribution in [2.45, 2.75) is 40.3 Å². The second-order valence-corrected chi connectivity index (χ2v) is 7.50. The Morgan fingerprint density at radius 1 is 1.36 bits per heavy atom. The monoisotopic (exact) mass is 514 g/mol. The predicted octanol–water partition coefficient (Wildman–Crippen LogP) is 5.03. The number of ether oxygens (including phenoxy) is 1. The number of fused-ring (bicyclic) bond motifs is 1. The third kappa shape index (κ3) is 5.60. The summed E-state index contributed by atoms with van der Waals surface area (Å²) in [5, 5.41) is 8.71. The molecular weight excluding hydrogens is 487 g/mol. The third-order valence-corrected chi connectivity index (χ3v) is 4.89. The molecule has 152 valence electrons. The molecule has 1 atom stereocenters. The van der Waals surface area contributed by atoms with Gasteiger partial charge in [0.15, 0.2) is 17.3 Å². The Labute approximate surface area is 186 Å². The van der Waals surface area contributed by atoms with Crippen LogP contribution >= 0.6 is 35.3 Å². The van der Waals surface area contributed by atoms with Gasteiger partial charge in [0.2, 0.25) is 0 Å². The molecule has 2 heterocycles. The smallest absolute Gasteiger partial charge is 0.192 e. The summed E-state index contributed by atoms with van der Waals surface area (Å²) in [5.74, 6) is 2.35. The van der Waals surface area contributed by atoms with Crippen LogP contribution in [0, 0.1) is 6.92 Å². The van der Waals surface area contributed by atoms with Gasteiger partial charge in [-0.25, -0.2) is 9.98 Å². The Morgan fingerprint density at radius 3 is 2.86 bits per heavy atom. The van der Waals surface area contributed by atoms with Crippen molar-refractivity contribution >= 4 is 52.2 Å². The molecule has 0 spiro atoms. The number of guanidine groups is 1. The van der Waals surface area contributed by atoms with E-state index in [4.69, 9.17) is 9.15 Å². The molecule has 0 saturated carbocycles. The fourth-order valence-corrected chi connectivity index (χ4v) is 3.47. The summed E-state index contributed by atoms with van der Waals surface area (Å²) in [6.45, 7) is 10.1. The summed E-state index contributed by atoms with van der Waals surface area (Å²) in [7, 11) is 0. The van der Waals surface area contributed by atoms with Gasteiger partial charge >= 0.3 is 0 Å². The number of halogens is 1. The molecule has 0 saturated heterocycles. The maximum Gasteiger partial charge on any atom is 0.192 e. The van der Waals surface area contributed by atoms with Gasteiger partial charge in [-0.1, -0.05) is 12.1 Å². The third-order valence-electron chi connectivity index (χ3n) is 3.99. The lowest BCUT2D eigenvalue weighted by atomic mass is 10.2. The molecule has 1 aromatic carbocycles. The highest BCUT2D eigenvalue weighted by Crippen LogP contribution is 2.31. The van der Waals surface area contributed by atoms with Gasteiger partial charge in [-0.05, 0) is 39.8 Å². The quantitative estimate of drug-likeness (QED) is 0.263. The zero-order valence-electron chi connectivity index (χ0n) is 16.6. The number of aromatic nitrogens is 1. The number of furan rings is 1. The van der Waals surface area contributed by atoms with E-state index < -0.39 is 0 Å². The number of hydrogen-bond acceptors (Lipinski definition) is 5.